The molecule has 1 rings (SSSR count). The summed E-state index contributed by atoms with van der Waals surface area (Å²) in [6.45, 7) is 2.68. The van der Waals surface area contributed by atoms with E-state index >= 15 is 0 Å². The van der Waals surface area contributed by atoms with Crippen molar-refractivity contribution in [3.05, 3.63) is 24.3 Å². The number of cyclic esters (lactones) is 1. The van der Waals surface area contributed by atoms with Gasteiger partial charge in [0, 0.05) is 6.42 Å². The summed E-state index contributed by atoms with van der Waals surface area (Å²) in [5.74, 6) is -1.19. The number of ketones is 2. The molecule has 0 saturated carbocycles. The molecule has 0 saturated heterocycles. The molecule has 0 aromatic heterocycles. The molecule has 86 valence electrons. The Balaban J connectivity index is 2.91. The number of Topliss-reactive ketones (excluding diaryl/α,β-unsaturated/α-hetero) is 1. The predicted molar refractivity (Wildman–Crippen MR) is 57.7 cm³/mol. The number of carbonyl (C=O) groups is 3. The third kappa shape index (κ3) is 2.89. The van der Waals surface area contributed by atoms with Crippen molar-refractivity contribution in [1.29, 1.82) is 0 Å². The van der Waals surface area contributed by atoms with Crippen LogP contribution in [0.25, 0.3) is 0 Å². The van der Waals surface area contributed by atoms with Crippen LogP contribution < -0.4 is 0 Å². The molecule has 0 fully saturated rings. The lowest BCUT2D eigenvalue weighted by molar-refractivity contribution is -0.159. The van der Waals surface area contributed by atoms with Crippen molar-refractivity contribution < 1.29 is 19.1 Å². The van der Waals surface area contributed by atoms with Gasteiger partial charge in [-0.25, -0.2) is 0 Å². The lowest BCUT2D eigenvalue weighted by Gasteiger charge is -2.19. The second-order valence-corrected chi connectivity index (χ2v) is 4.08. The van der Waals surface area contributed by atoms with Gasteiger partial charge in [-0.2, -0.15) is 0 Å². The lowest BCUT2D eigenvalue weighted by atomic mass is 9.86. The highest BCUT2D eigenvalue weighted by molar-refractivity contribution is 6.04. The van der Waals surface area contributed by atoms with Crippen molar-refractivity contribution >= 4 is 17.5 Å². The smallest absolute Gasteiger partial charge is 0.319 e. The molecule has 1 aliphatic heterocycles. The minimum absolute atomic E-state index is 0.153. The third-order valence-electron chi connectivity index (χ3n) is 2.39. The second-order valence-electron chi connectivity index (χ2n) is 4.08. The van der Waals surface area contributed by atoms with Crippen LogP contribution >= 0.6 is 0 Å². The average molecular weight is 222 g/mol. The molecule has 0 amide bonds. The van der Waals surface area contributed by atoms with Crippen molar-refractivity contribution in [1.82, 2.24) is 0 Å². The number of esters is 1. The van der Waals surface area contributed by atoms with Gasteiger partial charge in [-0.3, -0.25) is 14.4 Å². The number of hydrogen-bond donors (Lipinski definition) is 0. The van der Waals surface area contributed by atoms with E-state index in [1.54, 1.807) is 12.2 Å². The molecule has 0 unspecified atom stereocenters. The molecule has 0 aromatic carbocycles. The molecule has 1 heterocycles. The summed E-state index contributed by atoms with van der Waals surface area (Å²) in [4.78, 5) is 34.4. The first-order valence-electron chi connectivity index (χ1n) is 5.01. The summed E-state index contributed by atoms with van der Waals surface area (Å²) in [7, 11) is 0. The zero-order chi connectivity index (χ0) is 12.2. The zero-order valence-corrected chi connectivity index (χ0v) is 9.36. The SMILES string of the molecule is CC1(C)C(=O)CC=CC=CC(=O)COC1=O. The maximum absolute atomic E-state index is 11.7. The van der Waals surface area contributed by atoms with Crippen LogP contribution in [0.15, 0.2) is 24.3 Å². The van der Waals surface area contributed by atoms with E-state index in [9.17, 15) is 14.4 Å². The van der Waals surface area contributed by atoms with Crippen LogP contribution in [-0.4, -0.2) is 24.1 Å². The van der Waals surface area contributed by atoms with Crippen molar-refractivity contribution in [2.75, 3.05) is 6.61 Å². The number of allylic oxidation sites excluding steroid dienone is 3. The van der Waals surface area contributed by atoms with E-state index in [2.05, 4.69) is 0 Å². The summed E-state index contributed by atoms with van der Waals surface area (Å²) in [6, 6.07) is 0. The Morgan fingerprint density at radius 2 is 1.88 bits per heavy atom. The van der Waals surface area contributed by atoms with Crippen LogP contribution in [0.1, 0.15) is 20.3 Å². The fourth-order valence-corrected chi connectivity index (χ4v) is 1.15. The van der Waals surface area contributed by atoms with Gasteiger partial charge >= 0.3 is 5.97 Å². The highest BCUT2D eigenvalue weighted by Gasteiger charge is 2.36. The summed E-state index contributed by atoms with van der Waals surface area (Å²) >= 11 is 0. The van der Waals surface area contributed by atoms with Gasteiger partial charge in [0.15, 0.2) is 18.2 Å². The zero-order valence-electron chi connectivity index (χ0n) is 9.36. The first-order chi connectivity index (χ1) is 7.44. The summed E-state index contributed by atoms with van der Waals surface area (Å²) in [6.07, 6.45) is 6.23. The molecule has 16 heavy (non-hydrogen) atoms. The normalized spacial score (nSPS) is 21.5. The van der Waals surface area contributed by atoms with Crippen LogP contribution in [0.5, 0.6) is 0 Å². The first kappa shape index (κ1) is 12.4. The fraction of sp³-hybridized carbons (Fsp3) is 0.417. The van der Waals surface area contributed by atoms with Gasteiger partial charge < -0.3 is 4.74 Å². The van der Waals surface area contributed by atoms with E-state index in [1.165, 1.54) is 26.0 Å². The Morgan fingerprint density at radius 3 is 2.56 bits per heavy atom. The largest absolute Gasteiger partial charge is 0.457 e. The highest BCUT2D eigenvalue weighted by Crippen LogP contribution is 2.21. The van der Waals surface area contributed by atoms with Crippen molar-refractivity contribution in [2.45, 2.75) is 20.3 Å². The second kappa shape index (κ2) is 4.88. The van der Waals surface area contributed by atoms with Gasteiger partial charge in [0.25, 0.3) is 0 Å². The number of hydrogen-bond acceptors (Lipinski definition) is 4. The predicted octanol–water partition coefficient (Wildman–Crippen LogP) is 1.21. The molecule has 0 atom stereocenters. The monoisotopic (exact) mass is 222 g/mol. The third-order valence-corrected chi connectivity index (χ3v) is 2.39. The van der Waals surface area contributed by atoms with Gasteiger partial charge in [0.2, 0.25) is 0 Å². The molecular weight excluding hydrogens is 208 g/mol. The fourth-order valence-electron chi connectivity index (χ4n) is 1.15. The van der Waals surface area contributed by atoms with E-state index in [4.69, 9.17) is 4.74 Å². The molecule has 0 aliphatic carbocycles. The highest BCUT2D eigenvalue weighted by atomic mass is 16.5. The Kier molecular flexibility index (Phi) is 3.77. The van der Waals surface area contributed by atoms with Gasteiger partial charge in [-0.15, -0.1) is 0 Å². The molecule has 1 aliphatic rings. The Bertz CT molecular complexity index is 374. The van der Waals surface area contributed by atoms with Crippen LogP contribution in [0.4, 0.5) is 0 Å². The number of carbonyl (C=O) groups excluding carboxylic acids is 3. The number of rotatable bonds is 0. The Morgan fingerprint density at radius 1 is 1.19 bits per heavy atom. The topological polar surface area (TPSA) is 60.4 Å². The van der Waals surface area contributed by atoms with Crippen LogP contribution in [-0.2, 0) is 19.1 Å². The molecule has 0 bridgehead atoms. The average Bonchev–Trinajstić information content (AvgIpc) is 2.25. The minimum Gasteiger partial charge on any atom is -0.457 e. The van der Waals surface area contributed by atoms with Gasteiger partial charge in [-0.1, -0.05) is 18.2 Å². The van der Waals surface area contributed by atoms with Crippen LogP contribution in [0, 0.1) is 5.41 Å². The molecule has 0 N–H and O–H groups in total. The summed E-state index contributed by atoms with van der Waals surface area (Å²) < 4.78 is 4.78. The maximum atomic E-state index is 11.7. The van der Waals surface area contributed by atoms with Crippen LogP contribution in [0.3, 0.4) is 0 Å². The quantitative estimate of drug-likeness (QED) is 0.456. The van der Waals surface area contributed by atoms with Crippen molar-refractivity contribution in [2.24, 2.45) is 5.41 Å². The summed E-state index contributed by atoms with van der Waals surface area (Å²) in [5, 5.41) is 0. The van der Waals surface area contributed by atoms with E-state index in [0.29, 0.717) is 0 Å². The molecule has 0 aromatic rings. The molecule has 4 nitrogen and oxygen atoms in total. The molecule has 0 radical (unpaired) electrons. The molecular formula is C12H14O4. The Labute approximate surface area is 94.0 Å². The first-order valence-corrected chi connectivity index (χ1v) is 5.01. The standard InChI is InChI=1S/C12H14O4/c1-12(2)10(14)7-5-3-4-6-9(13)8-16-11(12)15/h3-6H,7-8H2,1-2H3. The molecule has 0 spiro atoms. The van der Waals surface area contributed by atoms with Crippen molar-refractivity contribution in [3.63, 3.8) is 0 Å². The summed E-state index contributed by atoms with van der Waals surface area (Å²) in [5.41, 5.74) is -1.20. The Hall–Kier alpha value is -1.71. The van der Waals surface area contributed by atoms with Crippen molar-refractivity contribution in [3.8, 4) is 0 Å². The van der Waals surface area contributed by atoms with E-state index < -0.39 is 11.4 Å². The van der Waals surface area contributed by atoms with E-state index in [0.717, 1.165) is 0 Å². The van der Waals surface area contributed by atoms with Gasteiger partial charge in [-0.05, 0) is 19.9 Å². The minimum atomic E-state index is -1.20. The van der Waals surface area contributed by atoms with Gasteiger partial charge in [0.1, 0.15) is 5.41 Å². The van der Waals surface area contributed by atoms with Crippen LogP contribution in [0.2, 0.25) is 0 Å². The number of ether oxygens (including phenoxy) is 1. The lowest BCUT2D eigenvalue weighted by Crippen LogP contribution is -2.35. The maximum Gasteiger partial charge on any atom is 0.319 e. The van der Waals surface area contributed by atoms with E-state index in [1.807, 2.05) is 0 Å². The molecule has 4 heteroatoms. The van der Waals surface area contributed by atoms with E-state index in [-0.39, 0.29) is 24.6 Å². The van der Waals surface area contributed by atoms with Gasteiger partial charge in [0.05, 0.1) is 0 Å².